The topological polar surface area (TPSA) is 55.8 Å². The number of rotatable bonds is 4. The van der Waals surface area contributed by atoms with Crippen molar-refractivity contribution in [1.82, 2.24) is 0 Å². The molecule has 4 nitrogen and oxygen atoms in total. The van der Waals surface area contributed by atoms with E-state index in [2.05, 4.69) is 0 Å². The predicted molar refractivity (Wildman–Crippen MR) is 71.3 cm³/mol. The molecule has 4 heteroatoms. The number of ether oxygens (including phenoxy) is 2. The van der Waals surface area contributed by atoms with E-state index in [-0.39, 0.29) is 11.2 Å². The summed E-state index contributed by atoms with van der Waals surface area (Å²) in [6, 6.07) is 14.8. The van der Waals surface area contributed by atoms with Crippen LogP contribution < -0.4 is 14.9 Å². The molecule has 2 aromatic rings. The average molecular weight is 258 g/mol. The maximum atomic E-state index is 11.7. The molecule has 1 unspecified atom stereocenters. The van der Waals surface area contributed by atoms with Gasteiger partial charge in [-0.05, 0) is 24.3 Å². The molecule has 0 fully saturated rings. The van der Waals surface area contributed by atoms with E-state index in [1.807, 2.05) is 0 Å². The van der Waals surface area contributed by atoms with Crippen molar-refractivity contribution in [2.24, 2.45) is 0 Å². The zero-order chi connectivity index (χ0) is 13.7. The minimum Gasteiger partial charge on any atom is -0.496 e. The Bertz CT molecular complexity index is 610. The number of para-hydroxylation sites is 1. The van der Waals surface area contributed by atoms with Gasteiger partial charge in [0.15, 0.2) is 5.75 Å². The number of aliphatic hydroxyl groups is 1. The van der Waals surface area contributed by atoms with Crippen LogP contribution in [0.4, 0.5) is 0 Å². The molecule has 0 aliphatic rings. The lowest BCUT2D eigenvalue weighted by Gasteiger charge is -2.15. The van der Waals surface area contributed by atoms with Gasteiger partial charge >= 0.3 is 0 Å². The summed E-state index contributed by atoms with van der Waals surface area (Å²) in [5.41, 5.74) is 0.176. The summed E-state index contributed by atoms with van der Waals surface area (Å²) in [5, 5.41) is 10.1. The van der Waals surface area contributed by atoms with E-state index in [0.29, 0.717) is 11.3 Å². The molecule has 0 bridgehead atoms. The van der Waals surface area contributed by atoms with Crippen LogP contribution >= 0.6 is 0 Å². The fraction of sp³-hybridized carbons (Fsp3) is 0.133. The van der Waals surface area contributed by atoms with Crippen molar-refractivity contribution in [3.05, 3.63) is 70.4 Å². The van der Waals surface area contributed by atoms with Crippen LogP contribution in [-0.4, -0.2) is 12.2 Å². The van der Waals surface area contributed by atoms with Crippen molar-refractivity contribution in [3.63, 3.8) is 0 Å². The molecule has 2 aromatic carbocycles. The zero-order valence-corrected chi connectivity index (χ0v) is 10.4. The first kappa shape index (κ1) is 13.1. The van der Waals surface area contributed by atoms with Gasteiger partial charge in [-0.15, -0.1) is 0 Å². The third-order valence-electron chi connectivity index (χ3n) is 2.60. The Kier molecular flexibility index (Phi) is 4.15. The van der Waals surface area contributed by atoms with Gasteiger partial charge in [-0.3, -0.25) is 4.79 Å². The van der Waals surface area contributed by atoms with Crippen molar-refractivity contribution in [2.45, 2.75) is 6.29 Å². The molecule has 0 aliphatic heterocycles. The summed E-state index contributed by atoms with van der Waals surface area (Å²) in [7, 11) is 1.51. The molecule has 0 aliphatic carbocycles. The second-order valence-corrected chi connectivity index (χ2v) is 3.85. The number of hydrogen-bond donors (Lipinski definition) is 1. The molecular weight excluding hydrogens is 244 g/mol. The van der Waals surface area contributed by atoms with Gasteiger partial charge in [-0.1, -0.05) is 30.3 Å². The summed E-state index contributed by atoms with van der Waals surface area (Å²) in [6.07, 6.45) is -1.26. The summed E-state index contributed by atoms with van der Waals surface area (Å²) >= 11 is 0. The van der Waals surface area contributed by atoms with Gasteiger partial charge in [0, 0.05) is 0 Å². The van der Waals surface area contributed by atoms with Gasteiger partial charge in [0.25, 0.3) is 0 Å². The molecule has 0 spiro atoms. The van der Waals surface area contributed by atoms with Gasteiger partial charge in [-0.2, -0.15) is 0 Å². The molecule has 0 radical (unpaired) electrons. The standard InChI is InChI=1S/C15H14O4/c1-18-13-9-6-5-7-11(13)15(17)19-14-10-4-2-3-8-12(14)16/h2-10,15,17H,1H3. The van der Waals surface area contributed by atoms with Crippen LogP contribution in [0.25, 0.3) is 0 Å². The van der Waals surface area contributed by atoms with Crippen LogP contribution in [0.2, 0.25) is 0 Å². The lowest BCUT2D eigenvalue weighted by atomic mass is 10.2. The maximum Gasteiger partial charge on any atom is 0.228 e. The zero-order valence-electron chi connectivity index (χ0n) is 10.4. The molecule has 1 N–H and O–H groups in total. The molecule has 19 heavy (non-hydrogen) atoms. The highest BCUT2D eigenvalue weighted by atomic mass is 16.6. The Morgan fingerprint density at radius 2 is 1.58 bits per heavy atom. The summed E-state index contributed by atoms with van der Waals surface area (Å²) < 4.78 is 10.4. The van der Waals surface area contributed by atoms with Crippen LogP contribution in [0, 0.1) is 0 Å². The third-order valence-corrected chi connectivity index (χ3v) is 2.60. The Balaban J connectivity index is 2.29. The second kappa shape index (κ2) is 6.02. The van der Waals surface area contributed by atoms with Crippen LogP contribution in [0.1, 0.15) is 11.9 Å². The first-order valence-corrected chi connectivity index (χ1v) is 5.79. The van der Waals surface area contributed by atoms with Crippen LogP contribution in [0.3, 0.4) is 0 Å². The average Bonchev–Trinajstić information content (AvgIpc) is 2.64. The Morgan fingerprint density at radius 3 is 2.37 bits per heavy atom. The minimum absolute atomic E-state index is 0.0865. The molecule has 0 aromatic heterocycles. The van der Waals surface area contributed by atoms with E-state index in [4.69, 9.17) is 9.47 Å². The van der Waals surface area contributed by atoms with E-state index in [1.165, 1.54) is 19.2 Å². The van der Waals surface area contributed by atoms with Crippen LogP contribution in [0.15, 0.2) is 59.4 Å². The molecule has 2 rings (SSSR count). The molecule has 0 saturated heterocycles. The summed E-state index contributed by atoms with van der Waals surface area (Å²) in [4.78, 5) is 11.7. The van der Waals surface area contributed by atoms with Crippen molar-refractivity contribution >= 4 is 0 Å². The summed E-state index contributed by atoms with van der Waals surface area (Å²) in [6.45, 7) is 0. The highest BCUT2D eigenvalue weighted by Crippen LogP contribution is 2.25. The lowest BCUT2D eigenvalue weighted by molar-refractivity contribution is -0.0216. The fourth-order valence-corrected chi connectivity index (χ4v) is 1.67. The molecule has 98 valence electrons. The van der Waals surface area contributed by atoms with Crippen LogP contribution in [0.5, 0.6) is 11.5 Å². The SMILES string of the molecule is COc1ccccc1C(O)Oc1cccccc1=O. The van der Waals surface area contributed by atoms with Gasteiger partial charge in [0.2, 0.25) is 11.7 Å². The Morgan fingerprint density at radius 1 is 0.947 bits per heavy atom. The highest BCUT2D eigenvalue weighted by Gasteiger charge is 2.15. The predicted octanol–water partition coefficient (Wildman–Crippen LogP) is 2.13. The number of aliphatic hydroxyl groups excluding tert-OH is 1. The maximum absolute atomic E-state index is 11.7. The quantitative estimate of drug-likeness (QED) is 0.853. The molecule has 0 saturated carbocycles. The van der Waals surface area contributed by atoms with Gasteiger partial charge in [0.1, 0.15) is 5.75 Å². The molecule has 1 atom stereocenters. The lowest BCUT2D eigenvalue weighted by Crippen LogP contribution is -2.12. The van der Waals surface area contributed by atoms with E-state index >= 15 is 0 Å². The van der Waals surface area contributed by atoms with E-state index in [9.17, 15) is 9.90 Å². The van der Waals surface area contributed by atoms with Gasteiger partial charge in [0.05, 0.1) is 12.7 Å². The first-order valence-electron chi connectivity index (χ1n) is 5.79. The number of methoxy groups -OCH3 is 1. The van der Waals surface area contributed by atoms with Crippen molar-refractivity contribution < 1.29 is 14.6 Å². The fourth-order valence-electron chi connectivity index (χ4n) is 1.67. The van der Waals surface area contributed by atoms with Crippen molar-refractivity contribution in [3.8, 4) is 11.5 Å². The van der Waals surface area contributed by atoms with Crippen LogP contribution in [-0.2, 0) is 0 Å². The van der Waals surface area contributed by atoms with Gasteiger partial charge < -0.3 is 14.6 Å². The first-order chi connectivity index (χ1) is 9.22. The number of hydrogen-bond acceptors (Lipinski definition) is 4. The van der Waals surface area contributed by atoms with Crippen molar-refractivity contribution in [1.29, 1.82) is 0 Å². The normalized spacial score (nSPS) is 11.7. The minimum atomic E-state index is -1.26. The summed E-state index contributed by atoms with van der Waals surface area (Å²) in [5.74, 6) is 0.589. The third kappa shape index (κ3) is 3.11. The largest absolute Gasteiger partial charge is 0.496 e. The molecule has 0 amide bonds. The van der Waals surface area contributed by atoms with Gasteiger partial charge in [-0.25, -0.2) is 0 Å². The number of benzene rings is 1. The monoisotopic (exact) mass is 258 g/mol. The van der Waals surface area contributed by atoms with E-state index < -0.39 is 6.29 Å². The Labute approximate surface area is 110 Å². The second-order valence-electron chi connectivity index (χ2n) is 3.85. The molecule has 0 heterocycles. The van der Waals surface area contributed by atoms with E-state index in [0.717, 1.165) is 0 Å². The highest BCUT2D eigenvalue weighted by molar-refractivity contribution is 5.35. The van der Waals surface area contributed by atoms with E-state index in [1.54, 1.807) is 42.5 Å². The molecular formula is C15H14O4. The smallest absolute Gasteiger partial charge is 0.228 e. The Hall–Kier alpha value is -2.33. The van der Waals surface area contributed by atoms with Crippen molar-refractivity contribution in [2.75, 3.05) is 7.11 Å².